The standard InChI is InChI=1S/C11H16N4OS/c1-14-6-9(5-13-14)11(16)15-4-2-3-8(7-15)10(12)17/h5-6,8H,2-4,7H2,1H3,(H2,12,17). The second kappa shape index (κ2) is 4.83. The molecule has 1 unspecified atom stereocenters. The summed E-state index contributed by atoms with van der Waals surface area (Å²) in [6.45, 7) is 1.40. The smallest absolute Gasteiger partial charge is 0.257 e. The zero-order chi connectivity index (χ0) is 12.4. The van der Waals surface area contributed by atoms with Crippen molar-refractivity contribution in [2.24, 2.45) is 18.7 Å². The Labute approximate surface area is 106 Å². The summed E-state index contributed by atoms with van der Waals surface area (Å²) in [5.74, 6) is 0.165. The minimum atomic E-state index is 0.0130. The van der Waals surface area contributed by atoms with E-state index < -0.39 is 0 Å². The summed E-state index contributed by atoms with van der Waals surface area (Å²) < 4.78 is 1.63. The number of aryl methyl sites for hydroxylation is 1. The van der Waals surface area contributed by atoms with Crippen LogP contribution in [0.3, 0.4) is 0 Å². The van der Waals surface area contributed by atoms with E-state index in [2.05, 4.69) is 5.10 Å². The highest BCUT2D eigenvalue weighted by Crippen LogP contribution is 2.18. The predicted molar refractivity (Wildman–Crippen MR) is 68.6 cm³/mol. The molecule has 1 atom stereocenters. The molecule has 1 fully saturated rings. The normalized spacial score (nSPS) is 20.3. The largest absolute Gasteiger partial charge is 0.393 e. The summed E-state index contributed by atoms with van der Waals surface area (Å²) in [5.41, 5.74) is 6.27. The molecule has 92 valence electrons. The first kappa shape index (κ1) is 12.0. The van der Waals surface area contributed by atoms with Crippen molar-refractivity contribution in [3.8, 4) is 0 Å². The molecule has 1 aliphatic heterocycles. The summed E-state index contributed by atoms with van der Waals surface area (Å²) >= 11 is 5.00. The number of nitrogens with two attached hydrogens (primary N) is 1. The van der Waals surface area contributed by atoms with E-state index in [9.17, 15) is 4.79 Å². The molecule has 0 spiro atoms. The minimum Gasteiger partial charge on any atom is -0.393 e. The van der Waals surface area contributed by atoms with Gasteiger partial charge in [0.15, 0.2) is 0 Å². The third kappa shape index (κ3) is 2.63. The van der Waals surface area contributed by atoms with Crippen LogP contribution in [0, 0.1) is 5.92 Å². The van der Waals surface area contributed by atoms with Gasteiger partial charge >= 0.3 is 0 Å². The third-order valence-electron chi connectivity index (χ3n) is 3.06. The Kier molecular flexibility index (Phi) is 3.42. The lowest BCUT2D eigenvalue weighted by atomic mass is 9.98. The molecule has 1 amide bonds. The van der Waals surface area contributed by atoms with Gasteiger partial charge in [-0.15, -0.1) is 0 Å². The van der Waals surface area contributed by atoms with E-state index in [-0.39, 0.29) is 11.8 Å². The van der Waals surface area contributed by atoms with E-state index in [1.54, 1.807) is 24.1 Å². The van der Waals surface area contributed by atoms with Crippen LogP contribution in [-0.4, -0.2) is 38.7 Å². The SMILES string of the molecule is Cn1cc(C(=O)N2CCCC(C(N)=S)C2)cn1. The Balaban J connectivity index is 2.07. The van der Waals surface area contributed by atoms with Gasteiger partial charge in [-0.3, -0.25) is 9.48 Å². The van der Waals surface area contributed by atoms with E-state index in [0.29, 0.717) is 17.1 Å². The highest BCUT2D eigenvalue weighted by molar-refractivity contribution is 7.80. The number of piperidine rings is 1. The molecule has 1 aromatic heterocycles. The van der Waals surface area contributed by atoms with Crippen LogP contribution in [0.5, 0.6) is 0 Å². The van der Waals surface area contributed by atoms with Gasteiger partial charge in [-0.1, -0.05) is 12.2 Å². The van der Waals surface area contributed by atoms with Crippen molar-refractivity contribution in [1.29, 1.82) is 0 Å². The van der Waals surface area contributed by atoms with E-state index in [1.807, 2.05) is 4.90 Å². The molecule has 2 N–H and O–H groups in total. The number of carbonyl (C=O) groups excluding carboxylic acids is 1. The van der Waals surface area contributed by atoms with Crippen molar-refractivity contribution in [3.05, 3.63) is 18.0 Å². The second-order valence-corrected chi connectivity index (χ2v) is 4.87. The highest BCUT2D eigenvalue weighted by atomic mass is 32.1. The average Bonchev–Trinajstić information content (AvgIpc) is 2.75. The molecule has 1 aliphatic rings. The van der Waals surface area contributed by atoms with Crippen molar-refractivity contribution < 1.29 is 4.79 Å². The Bertz CT molecular complexity index is 442. The van der Waals surface area contributed by atoms with Gasteiger partial charge in [-0.25, -0.2) is 0 Å². The fraction of sp³-hybridized carbons (Fsp3) is 0.545. The van der Waals surface area contributed by atoms with Gasteiger partial charge in [0.2, 0.25) is 0 Å². The van der Waals surface area contributed by atoms with Crippen LogP contribution in [-0.2, 0) is 7.05 Å². The number of nitrogens with zero attached hydrogens (tertiary/aromatic N) is 3. The zero-order valence-electron chi connectivity index (χ0n) is 9.80. The number of rotatable bonds is 2. The molecule has 0 bridgehead atoms. The van der Waals surface area contributed by atoms with Crippen molar-refractivity contribution in [2.75, 3.05) is 13.1 Å². The maximum atomic E-state index is 12.2. The molecule has 0 aromatic carbocycles. The number of carbonyl (C=O) groups is 1. The van der Waals surface area contributed by atoms with E-state index >= 15 is 0 Å². The zero-order valence-corrected chi connectivity index (χ0v) is 10.6. The molecule has 2 rings (SSSR count). The summed E-state index contributed by atoms with van der Waals surface area (Å²) in [7, 11) is 1.80. The number of aromatic nitrogens is 2. The van der Waals surface area contributed by atoms with E-state index in [4.69, 9.17) is 18.0 Å². The Morgan fingerprint density at radius 2 is 2.41 bits per heavy atom. The maximum absolute atomic E-state index is 12.2. The highest BCUT2D eigenvalue weighted by Gasteiger charge is 2.26. The van der Waals surface area contributed by atoms with Crippen LogP contribution in [0.4, 0.5) is 0 Å². The number of thiocarbonyl (C=S) groups is 1. The van der Waals surface area contributed by atoms with Crippen molar-refractivity contribution in [3.63, 3.8) is 0 Å². The van der Waals surface area contributed by atoms with Gasteiger partial charge in [0.25, 0.3) is 5.91 Å². The maximum Gasteiger partial charge on any atom is 0.257 e. The summed E-state index contributed by atoms with van der Waals surface area (Å²) in [4.78, 5) is 14.5. The van der Waals surface area contributed by atoms with Crippen molar-refractivity contribution in [1.82, 2.24) is 14.7 Å². The van der Waals surface area contributed by atoms with Gasteiger partial charge in [0.05, 0.1) is 16.7 Å². The Morgan fingerprint density at radius 1 is 1.65 bits per heavy atom. The summed E-state index contributed by atoms with van der Waals surface area (Å²) in [5, 5.41) is 4.01. The van der Waals surface area contributed by atoms with Gasteiger partial charge < -0.3 is 10.6 Å². The summed E-state index contributed by atoms with van der Waals surface area (Å²) in [6.07, 6.45) is 5.25. The van der Waals surface area contributed by atoms with Crippen LogP contribution >= 0.6 is 12.2 Å². The molecule has 17 heavy (non-hydrogen) atoms. The molecule has 6 heteroatoms. The first-order chi connectivity index (χ1) is 8.08. The average molecular weight is 252 g/mol. The van der Waals surface area contributed by atoms with Crippen LogP contribution in [0.2, 0.25) is 0 Å². The summed E-state index contributed by atoms with van der Waals surface area (Å²) in [6, 6.07) is 0. The van der Waals surface area contributed by atoms with E-state index in [0.717, 1.165) is 19.4 Å². The first-order valence-electron chi connectivity index (χ1n) is 5.65. The Hall–Kier alpha value is -1.43. The molecule has 1 saturated heterocycles. The van der Waals surface area contributed by atoms with Gasteiger partial charge in [0.1, 0.15) is 0 Å². The monoisotopic (exact) mass is 252 g/mol. The molecular weight excluding hydrogens is 236 g/mol. The topological polar surface area (TPSA) is 64.2 Å². The second-order valence-electron chi connectivity index (χ2n) is 4.40. The molecule has 0 radical (unpaired) electrons. The molecular formula is C11H16N4OS. The van der Waals surface area contributed by atoms with Gasteiger partial charge in [0, 0.05) is 32.3 Å². The van der Waals surface area contributed by atoms with Crippen LogP contribution in [0.1, 0.15) is 23.2 Å². The molecule has 0 aliphatic carbocycles. The first-order valence-corrected chi connectivity index (χ1v) is 6.06. The van der Waals surface area contributed by atoms with Crippen molar-refractivity contribution in [2.45, 2.75) is 12.8 Å². The lowest BCUT2D eigenvalue weighted by Crippen LogP contribution is -2.43. The predicted octanol–water partition coefficient (Wildman–Crippen LogP) is 0.558. The lowest BCUT2D eigenvalue weighted by Gasteiger charge is -2.31. The molecule has 1 aromatic rings. The van der Waals surface area contributed by atoms with Crippen LogP contribution in [0.25, 0.3) is 0 Å². The molecule has 5 nitrogen and oxygen atoms in total. The number of hydrogen-bond donors (Lipinski definition) is 1. The Morgan fingerprint density at radius 3 is 3.00 bits per heavy atom. The number of likely N-dealkylation sites (tertiary alicyclic amines) is 1. The number of hydrogen-bond acceptors (Lipinski definition) is 3. The van der Waals surface area contributed by atoms with Crippen LogP contribution < -0.4 is 5.73 Å². The fourth-order valence-electron chi connectivity index (χ4n) is 2.11. The fourth-order valence-corrected chi connectivity index (χ4v) is 2.30. The third-order valence-corrected chi connectivity index (χ3v) is 3.40. The lowest BCUT2D eigenvalue weighted by molar-refractivity contribution is 0.0703. The van der Waals surface area contributed by atoms with Gasteiger partial charge in [-0.2, -0.15) is 5.10 Å². The molecule has 0 saturated carbocycles. The molecule has 2 heterocycles. The van der Waals surface area contributed by atoms with Crippen molar-refractivity contribution >= 4 is 23.1 Å². The number of amides is 1. The van der Waals surface area contributed by atoms with Crippen LogP contribution in [0.15, 0.2) is 12.4 Å². The minimum absolute atomic E-state index is 0.0130. The van der Waals surface area contributed by atoms with E-state index in [1.165, 1.54) is 0 Å². The quantitative estimate of drug-likeness (QED) is 0.781. The van der Waals surface area contributed by atoms with Gasteiger partial charge in [-0.05, 0) is 12.8 Å².